The van der Waals surface area contributed by atoms with E-state index >= 15 is 0 Å². The normalized spacial score (nSPS) is 25.1. The summed E-state index contributed by atoms with van der Waals surface area (Å²) in [5, 5.41) is 16.5. The molecule has 4 atom stereocenters. The number of hydrogen-bond acceptors (Lipinski definition) is 8. The molecule has 214 valence electrons. The first-order chi connectivity index (χ1) is 20.3. The van der Waals surface area contributed by atoms with Gasteiger partial charge in [-0.2, -0.15) is 5.10 Å². The van der Waals surface area contributed by atoms with Gasteiger partial charge < -0.3 is 29.8 Å². The highest BCUT2D eigenvalue weighted by Crippen LogP contribution is 2.49. The van der Waals surface area contributed by atoms with Crippen LogP contribution in [0, 0.1) is 0 Å². The zero-order valence-corrected chi connectivity index (χ0v) is 23.3. The van der Waals surface area contributed by atoms with E-state index in [0.717, 1.165) is 16.7 Å². The zero-order valence-electron chi connectivity index (χ0n) is 23.3. The van der Waals surface area contributed by atoms with Crippen LogP contribution in [-0.4, -0.2) is 50.4 Å². The molecule has 4 heterocycles. The van der Waals surface area contributed by atoms with E-state index in [1.54, 1.807) is 12.1 Å². The molecule has 7 rings (SSSR count). The standard InChI is InChI=1S/C33H32N4O5/c1-31(2)41-28-26(40-33(38,29(28)42-31)27-19-18-25-30(34)35-21-36-37(25)27)20-39-32(22-12-6-3-7-13-22,23-14-8-4-9-15-23)24-16-10-5-11-17-24/h3-19,21,26,28-29,38H,20H2,1-2H3,(H2,34,35,36)/t26-,28-,29-,33?/m1/s1. The number of aliphatic hydroxyl groups is 1. The van der Waals surface area contributed by atoms with Crippen LogP contribution in [0.5, 0.6) is 0 Å². The van der Waals surface area contributed by atoms with E-state index in [4.69, 9.17) is 24.7 Å². The number of fused-ring (bicyclic) bond motifs is 2. The van der Waals surface area contributed by atoms with Crippen molar-refractivity contribution >= 4 is 11.3 Å². The number of anilines is 1. The van der Waals surface area contributed by atoms with Crippen molar-refractivity contribution in [1.82, 2.24) is 14.6 Å². The molecule has 2 fully saturated rings. The fourth-order valence-corrected chi connectivity index (χ4v) is 6.26. The Labute approximate surface area is 243 Å². The van der Waals surface area contributed by atoms with Crippen molar-refractivity contribution in [3.63, 3.8) is 0 Å². The maximum atomic E-state index is 12.2. The minimum atomic E-state index is -1.89. The Morgan fingerprint density at radius 1 is 0.833 bits per heavy atom. The van der Waals surface area contributed by atoms with Crippen LogP contribution in [0.15, 0.2) is 109 Å². The summed E-state index contributed by atoms with van der Waals surface area (Å²) in [4.78, 5) is 4.06. The molecule has 0 bridgehead atoms. The maximum Gasteiger partial charge on any atom is 0.240 e. The molecule has 0 spiro atoms. The number of ether oxygens (including phenoxy) is 4. The fourth-order valence-electron chi connectivity index (χ4n) is 6.26. The van der Waals surface area contributed by atoms with E-state index in [9.17, 15) is 5.11 Å². The van der Waals surface area contributed by atoms with E-state index in [2.05, 4.69) is 46.5 Å². The van der Waals surface area contributed by atoms with Gasteiger partial charge in [0.15, 0.2) is 11.6 Å². The molecule has 2 aromatic heterocycles. The van der Waals surface area contributed by atoms with Crippen LogP contribution >= 0.6 is 0 Å². The van der Waals surface area contributed by atoms with Crippen molar-refractivity contribution in [2.75, 3.05) is 12.3 Å². The van der Waals surface area contributed by atoms with E-state index in [1.165, 1.54) is 10.8 Å². The summed E-state index contributed by atoms with van der Waals surface area (Å²) in [6.45, 7) is 3.73. The molecule has 0 radical (unpaired) electrons. The third kappa shape index (κ3) is 4.21. The Balaban J connectivity index is 1.31. The van der Waals surface area contributed by atoms with Gasteiger partial charge in [-0.15, -0.1) is 0 Å². The maximum absolute atomic E-state index is 12.2. The summed E-state index contributed by atoms with van der Waals surface area (Å²) in [6.07, 6.45) is -0.835. The lowest BCUT2D eigenvalue weighted by Gasteiger charge is -2.37. The van der Waals surface area contributed by atoms with Gasteiger partial charge in [-0.05, 0) is 42.7 Å². The molecule has 2 aliphatic heterocycles. The first kappa shape index (κ1) is 26.8. The highest BCUT2D eigenvalue weighted by Gasteiger charge is 2.64. The smallest absolute Gasteiger partial charge is 0.240 e. The zero-order chi connectivity index (χ0) is 29.0. The summed E-state index contributed by atoms with van der Waals surface area (Å²) < 4.78 is 27.6. The number of rotatable bonds is 7. The summed E-state index contributed by atoms with van der Waals surface area (Å²) in [5.74, 6) is -2.56. The molecule has 9 heteroatoms. The highest BCUT2D eigenvalue weighted by atomic mass is 16.8. The second-order valence-corrected chi connectivity index (χ2v) is 11.1. The minimum absolute atomic E-state index is 0.0853. The average molecular weight is 565 g/mol. The summed E-state index contributed by atoms with van der Waals surface area (Å²) in [6, 6.07) is 33.8. The number of nitrogen functional groups attached to an aromatic ring is 1. The molecular formula is C33H32N4O5. The molecule has 5 aromatic rings. The van der Waals surface area contributed by atoms with Crippen LogP contribution in [0.3, 0.4) is 0 Å². The van der Waals surface area contributed by atoms with Crippen molar-refractivity contribution in [2.24, 2.45) is 0 Å². The van der Waals surface area contributed by atoms with Crippen molar-refractivity contribution < 1.29 is 24.1 Å². The lowest BCUT2D eigenvalue weighted by atomic mass is 9.80. The van der Waals surface area contributed by atoms with Crippen molar-refractivity contribution in [1.29, 1.82) is 0 Å². The van der Waals surface area contributed by atoms with E-state index in [1.807, 2.05) is 68.4 Å². The van der Waals surface area contributed by atoms with Gasteiger partial charge >= 0.3 is 0 Å². The SMILES string of the molecule is CC1(C)O[C@H]2[C@@H](O1)C(O)(c1ccc3c(N)ncnn13)O[C@@H]2COC(c1ccccc1)(c1ccccc1)c1ccccc1. The monoisotopic (exact) mass is 564 g/mol. The second-order valence-electron chi connectivity index (χ2n) is 11.1. The Kier molecular flexibility index (Phi) is 6.38. The van der Waals surface area contributed by atoms with Crippen LogP contribution in [0.1, 0.15) is 36.2 Å². The van der Waals surface area contributed by atoms with Crippen LogP contribution in [0.25, 0.3) is 5.52 Å². The molecule has 0 saturated carbocycles. The largest absolute Gasteiger partial charge is 0.382 e. The Morgan fingerprint density at radius 2 is 1.40 bits per heavy atom. The van der Waals surface area contributed by atoms with Gasteiger partial charge in [0, 0.05) is 0 Å². The van der Waals surface area contributed by atoms with E-state index in [-0.39, 0.29) is 12.4 Å². The number of nitrogens with two attached hydrogens (primary N) is 1. The van der Waals surface area contributed by atoms with E-state index < -0.39 is 35.5 Å². The fraction of sp³-hybridized carbons (Fsp3) is 0.273. The van der Waals surface area contributed by atoms with Gasteiger partial charge in [0.1, 0.15) is 41.5 Å². The molecular weight excluding hydrogens is 532 g/mol. The molecule has 0 amide bonds. The lowest BCUT2D eigenvalue weighted by Crippen LogP contribution is -2.41. The topological polar surface area (TPSA) is 113 Å². The van der Waals surface area contributed by atoms with Gasteiger partial charge in [0.05, 0.1) is 6.61 Å². The minimum Gasteiger partial charge on any atom is -0.382 e. The quantitative estimate of drug-likeness (QED) is 0.280. The van der Waals surface area contributed by atoms with Crippen LogP contribution in [-0.2, 0) is 30.3 Å². The predicted octanol–water partition coefficient (Wildman–Crippen LogP) is 4.38. The molecule has 0 aliphatic carbocycles. The summed E-state index contributed by atoms with van der Waals surface area (Å²) >= 11 is 0. The van der Waals surface area contributed by atoms with Gasteiger partial charge in [0.25, 0.3) is 0 Å². The highest BCUT2D eigenvalue weighted by molar-refractivity contribution is 5.65. The molecule has 2 saturated heterocycles. The van der Waals surface area contributed by atoms with Crippen LogP contribution < -0.4 is 5.73 Å². The third-order valence-electron chi connectivity index (χ3n) is 8.07. The summed E-state index contributed by atoms with van der Waals surface area (Å²) in [5.41, 5.74) is 8.90. The number of hydrogen-bond donors (Lipinski definition) is 2. The van der Waals surface area contributed by atoms with Crippen molar-refractivity contribution in [2.45, 2.75) is 49.3 Å². The Morgan fingerprint density at radius 3 is 1.98 bits per heavy atom. The van der Waals surface area contributed by atoms with Gasteiger partial charge in [-0.25, -0.2) is 9.50 Å². The predicted molar refractivity (Wildman–Crippen MR) is 155 cm³/mol. The first-order valence-corrected chi connectivity index (χ1v) is 14.0. The molecule has 9 nitrogen and oxygen atoms in total. The molecule has 42 heavy (non-hydrogen) atoms. The Bertz CT molecular complexity index is 1600. The van der Waals surface area contributed by atoms with Crippen LogP contribution in [0.4, 0.5) is 5.82 Å². The second kappa shape index (κ2) is 10.0. The van der Waals surface area contributed by atoms with Crippen LogP contribution in [0.2, 0.25) is 0 Å². The van der Waals surface area contributed by atoms with Crippen molar-refractivity contribution in [3.8, 4) is 0 Å². The first-order valence-electron chi connectivity index (χ1n) is 14.0. The average Bonchev–Trinajstić information content (AvgIpc) is 3.67. The number of benzene rings is 3. The summed E-state index contributed by atoms with van der Waals surface area (Å²) in [7, 11) is 0. The molecule has 2 aliphatic rings. The Hall–Kier alpha value is -4.12. The number of aromatic nitrogens is 3. The molecule has 3 N–H and O–H groups in total. The van der Waals surface area contributed by atoms with Gasteiger partial charge in [-0.3, -0.25) is 0 Å². The third-order valence-corrected chi connectivity index (χ3v) is 8.07. The van der Waals surface area contributed by atoms with Gasteiger partial charge in [-0.1, -0.05) is 91.0 Å². The number of nitrogens with zero attached hydrogens (tertiary/aromatic N) is 3. The van der Waals surface area contributed by atoms with Gasteiger partial charge in [0.2, 0.25) is 5.79 Å². The van der Waals surface area contributed by atoms with E-state index in [0.29, 0.717) is 11.2 Å². The van der Waals surface area contributed by atoms with Crippen molar-refractivity contribution in [3.05, 3.63) is 132 Å². The lowest BCUT2D eigenvalue weighted by molar-refractivity contribution is -0.288. The molecule has 1 unspecified atom stereocenters. The molecule has 3 aromatic carbocycles.